The SMILES string of the molecule is O=C([C@@H](c1ccccc1)N1CCN(c2ncccn2)CC1)N1CCOCC1. The van der Waals surface area contributed by atoms with Gasteiger partial charge in [0.1, 0.15) is 6.04 Å². The van der Waals surface area contributed by atoms with Crippen LogP contribution in [-0.2, 0) is 9.53 Å². The second kappa shape index (κ2) is 8.45. The van der Waals surface area contributed by atoms with Crippen LogP contribution in [0.2, 0.25) is 0 Å². The van der Waals surface area contributed by atoms with Gasteiger partial charge in [0.05, 0.1) is 13.2 Å². The third-order valence-electron chi connectivity index (χ3n) is 5.19. The minimum Gasteiger partial charge on any atom is -0.378 e. The topological polar surface area (TPSA) is 61.8 Å². The van der Waals surface area contributed by atoms with Crippen molar-refractivity contribution in [1.29, 1.82) is 0 Å². The maximum absolute atomic E-state index is 13.3. The monoisotopic (exact) mass is 367 g/mol. The number of morpholine rings is 1. The van der Waals surface area contributed by atoms with Crippen molar-refractivity contribution in [3.63, 3.8) is 0 Å². The summed E-state index contributed by atoms with van der Waals surface area (Å²) in [6, 6.07) is 11.7. The van der Waals surface area contributed by atoms with Gasteiger partial charge in [-0.25, -0.2) is 9.97 Å². The molecule has 0 radical (unpaired) electrons. The van der Waals surface area contributed by atoms with E-state index in [4.69, 9.17) is 4.74 Å². The van der Waals surface area contributed by atoms with E-state index >= 15 is 0 Å². The first-order valence-electron chi connectivity index (χ1n) is 9.50. The van der Waals surface area contributed by atoms with Crippen LogP contribution in [0.25, 0.3) is 0 Å². The molecule has 0 spiro atoms. The Morgan fingerprint density at radius 1 is 0.889 bits per heavy atom. The quantitative estimate of drug-likeness (QED) is 0.809. The lowest BCUT2D eigenvalue weighted by Crippen LogP contribution is -2.53. The second-order valence-electron chi connectivity index (χ2n) is 6.82. The maximum atomic E-state index is 13.3. The van der Waals surface area contributed by atoms with E-state index < -0.39 is 0 Å². The summed E-state index contributed by atoms with van der Waals surface area (Å²) in [5, 5.41) is 0. The summed E-state index contributed by atoms with van der Waals surface area (Å²) in [6.07, 6.45) is 3.53. The van der Waals surface area contributed by atoms with Crippen LogP contribution in [-0.4, -0.2) is 78.2 Å². The van der Waals surface area contributed by atoms with Crippen molar-refractivity contribution in [1.82, 2.24) is 19.8 Å². The highest BCUT2D eigenvalue weighted by molar-refractivity contribution is 5.83. The predicted molar refractivity (Wildman–Crippen MR) is 102 cm³/mol. The molecule has 7 nitrogen and oxygen atoms in total. The van der Waals surface area contributed by atoms with Crippen LogP contribution in [0.3, 0.4) is 0 Å². The molecule has 0 bridgehead atoms. The smallest absolute Gasteiger partial charge is 0.244 e. The van der Waals surface area contributed by atoms with Crippen molar-refractivity contribution in [3.8, 4) is 0 Å². The number of aromatic nitrogens is 2. The van der Waals surface area contributed by atoms with E-state index in [2.05, 4.69) is 31.9 Å². The number of anilines is 1. The Bertz CT molecular complexity index is 729. The first-order chi connectivity index (χ1) is 13.3. The Labute approximate surface area is 159 Å². The van der Waals surface area contributed by atoms with Crippen LogP contribution in [0, 0.1) is 0 Å². The van der Waals surface area contributed by atoms with Gasteiger partial charge in [0.2, 0.25) is 11.9 Å². The number of carbonyl (C=O) groups is 1. The van der Waals surface area contributed by atoms with Gasteiger partial charge in [0, 0.05) is 51.7 Å². The summed E-state index contributed by atoms with van der Waals surface area (Å²) < 4.78 is 5.42. The van der Waals surface area contributed by atoms with E-state index in [0.717, 1.165) is 37.7 Å². The number of hydrogen-bond acceptors (Lipinski definition) is 6. The molecule has 2 saturated heterocycles. The zero-order valence-corrected chi connectivity index (χ0v) is 15.4. The second-order valence-corrected chi connectivity index (χ2v) is 6.82. The van der Waals surface area contributed by atoms with Gasteiger partial charge in [-0.3, -0.25) is 9.69 Å². The van der Waals surface area contributed by atoms with Crippen molar-refractivity contribution in [2.24, 2.45) is 0 Å². The average Bonchev–Trinajstić information content (AvgIpc) is 2.76. The van der Waals surface area contributed by atoms with Crippen molar-refractivity contribution < 1.29 is 9.53 Å². The van der Waals surface area contributed by atoms with Gasteiger partial charge >= 0.3 is 0 Å². The first-order valence-corrected chi connectivity index (χ1v) is 9.50. The fourth-order valence-corrected chi connectivity index (χ4v) is 3.74. The summed E-state index contributed by atoms with van der Waals surface area (Å²) in [5.41, 5.74) is 1.05. The number of benzene rings is 1. The fraction of sp³-hybridized carbons (Fsp3) is 0.450. The molecular weight excluding hydrogens is 342 g/mol. The summed E-state index contributed by atoms with van der Waals surface area (Å²) >= 11 is 0. The van der Waals surface area contributed by atoms with Gasteiger partial charge in [-0.1, -0.05) is 30.3 Å². The molecule has 2 fully saturated rings. The zero-order valence-electron chi connectivity index (χ0n) is 15.4. The normalized spacial score (nSPS) is 19.7. The molecule has 1 aromatic heterocycles. The van der Waals surface area contributed by atoms with Gasteiger partial charge in [-0.05, 0) is 11.6 Å². The third-order valence-corrected chi connectivity index (χ3v) is 5.19. The average molecular weight is 367 g/mol. The Morgan fingerprint density at radius 2 is 1.56 bits per heavy atom. The van der Waals surface area contributed by atoms with Crippen LogP contribution in [0.4, 0.5) is 5.95 Å². The summed E-state index contributed by atoms with van der Waals surface area (Å²) in [4.78, 5) is 28.4. The van der Waals surface area contributed by atoms with E-state index in [-0.39, 0.29) is 11.9 Å². The molecule has 1 atom stereocenters. The summed E-state index contributed by atoms with van der Waals surface area (Å²) in [5.74, 6) is 0.932. The van der Waals surface area contributed by atoms with E-state index in [1.54, 1.807) is 12.4 Å². The minimum absolute atomic E-state index is 0.175. The minimum atomic E-state index is -0.247. The Kier molecular flexibility index (Phi) is 5.60. The van der Waals surface area contributed by atoms with Crippen molar-refractivity contribution in [2.75, 3.05) is 57.4 Å². The predicted octanol–water partition coefficient (Wildman–Crippen LogP) is 1.20. The number of piperazine rings is 1. The zero-order chi connectivity index (χ0) is 18.5. The van der Waals surface area contributed by atoms with Crippen LogP contribution in [0.15, 0.2) is 48.8 Å². The molecule has 3 heterocycles. The Hall–Kier alpha value is -2.51. The molecule has 1 amide bonds. The van der Waals surface area contributed by atoms with Crippen LogP contribution < -0.4 is 4.90 Å². The number of nitrogens with zero attached hydrogens (tertiary/aromatic N) is 5. The van der Waals surface area contributed by atoms with Gasteiger partial charge in [0.15, 0.2) is 0 Å². The lowest BCUT2D eigenvalue weighted by molar-refractivity contribution is -0.141. The highest BCUT2D eigenvalue weighted by Gasteiger charge is 2.34. The molecule has 1 aromatic carbocycles. The van der Waals surface area contributed by atoms with Gasteiger partial charge < -0.3 is 14.5 Å². The molecule has 2 aliphatic heterocycles. The summed E-state index contributed by atoms with van der Waals surface area (Å²) in [6.45, 7) is 5.79. The van der Waals surface area contributed by atoms with Gasteiger partial charge in [0.25, 0.3) is 0 Å². The van der Waals surface area contributed by atoms with Crippen LogP contribution in [0.1, 0.15) is 11.6 Å². The number of amides is 1. The molecule has 0 aliphatic carbocycles. The number of carbonyl (C=O) groups excluding carboxylic acids is 1. The van der Waals surface area contributed by atoms with E-state index in [1.165, 1.54) is 0 Å². The molecule has 0 N–H and O–H groups in total. The van der Waals surface area contributed by atoms with Crippen molar-refractivity contribution in [3.05, 3.63) is 54.4 Å². The van der Waals surface area contributed by atoms with Crippen molar-refractivity contribution in [2.45, 2.75) is 6.04 Å². The number of hydrogen-bond donors (Lipinski definition) is 0. The third kappa shape index (κ3) is 4.09. The Morgan fingerprint density at radius 3 is 2.22 bits per heavy atom. The van der Waals surface area contributed by atoms with Crippen molar-refractivity contribution >= 4 is 11.9 Å². The molecule has 0 unspecified atom stereocenters. The van der Waals surface area contributed by atoms with Gasteiger partial charge in [-0.15, -0.1) is 0 Å². The van der Waals surface area contributed by atoms with Gasteiger partial charge in [-0.2, -0.15) is 0 Å². The summed E-state index contributed by atoms with van der Waals surface area (Å²) in [7, 11) is 0. The lowest BCUT2D eigenvalue weighted by atomic mass is 10.0. The highest BCUT2D eigenvalue weighted by Crippen LogP contribution is 2.26. The highest BCUT2D eigenvalue weighted by atomic mass is 16.5. The molecule has 7 heteroatoms. The molecule has 2 aliphatic rings. The molecule has 0 saturated carbocycles. The number of ether oxygens (including phenoxy) is 1. The van der Waals surface area contributed by atoms with Crippen LogP contribution in [0.5, 0.6) is 0 Å². The lowest BCUT2D eigenvalue weighted by Gasteiger charge is -2.41. The van der Waals surface area contributed by atoms with E-state index in [0.29, 0.717) is 26.3 Å². The van der Waals surface area contributed by atoms with Crippen LogP contribution >= 0.6 is 0 Å². The fourth-order valence-electron chi connectivity index (χ4n) is 3.74. The first kappa shape index (κ1) is 17.9. The number of rotatable bonds is 4. The largest absolute Gasteiger partial charge is 0.378 e. The Balaban J connectivity index is 1.50. The molecule has 27 heavy (non-hydrogen) atoms. The standard InChI is InChI=1S/C20H25N5O2/c26-19(24-13-15-27-16-14-24)18(17-5-2-1-3-6-17)23-9-11-25(12-10-23)20-21-7-4-8-22-20/h1-8,18H,9-16H2/t18-/m1/s1. The molecule has 2 aromatic rings. The molecule has 4 rings (SSSR count). The maximum Gasteiger partial charge on any atom is 0.244 e. The molecular formula is C20H25N5O2. The molecule has 142 valence electrons. The van der Waals surface area contributed by atoms with E-state index in [9.17, 15) is 4.79 Å². The van der Waals surface area contributed by atoms with E-state index in [1.807, 2.05) is 29.2 Å².